The average molecular weight is 298 g/mol. The SMILES string of the molecule is CCCCn1c(-c2ccc(C)c(C)c2)ccc(C(C)N)c1=O. The van der Waals surface area contributed by atoms with Crippen molar-refractivity contribution in [1.29, 1.82) is 0 Å². The lowest BCUT2D eigenvalue weighted by atomic mass is 10.0. The molecule has 118 valence electrons. The molecule has 0 saturated carbocycles. The summed E-state index contributed by atoms with van der Waals surface area (Å²) in [6.45, 7) is 8.93. The molecule has 22 heavy (non-hydrogen) atoms. The molecule has 2 rings (SSSR count). The van der Waals surface area contributed by atoms with Crippen molar-refractivity contribution in [2.75, 3.05) is 0 Å². The molecule has 1 aromatic heterocycles. The molecule has 1 atom stereocenters. The van der Waals surface area contributed by atoms with Crippen LogP contribution in [0.15, 0.2) is 35.1 Å². The molecule has 1 heterocycles. The second-order valence-electron chi connectivity index (χ2n) is 6.07. The summed E-state index contributed by atoms with van der Waals surface area (Å²) in [6.07, 6.45) is 2.04. The second kappa shape index (κ2) is 6.93. The van der Waals surface area contributed by atoms with Crippen molar-refractivity contribution in [2.24, 2.45) is 5.73 Å². The van der Waals surface area contributed by atoms with Gasteiger partial charge in [0, 0.05) is 18.2 Å². The van der Waals surface area contributed by atoms with Crippen LogP contribution in [0.2, 0.25) is 0 Å². The maximum Gasteiger partial charge on any atom is 0.255 e. The third kappa shape index (κ3) is 3.30. The number of hydrogen-bond acceptors (Lipinski definition) is 2. The summed E-state index contributed by atoms with van der Waals surface area (Å²) in [7, 11) is 0. The van der Waals surface area contributed by atoms with Gasteiger partial charge < -0.3 is 10.3 Å². The molecule has 0 fully saturated rings. The number of nitrogens with two attached hydrogens (primary N) is 1. The van der Waals surface area contributed by atoms with Crippen LogP contribution in [0.3, 0.4) is 0 Å². The standard InChI is InChI=1S/C19H26N2O/c1-5-6-11-21-18(10-9-17(15(4)20)19(21)22)16-8-7-13(2)14(3)12-16/h7-10,12,15H,5-6,11,20H2,1-4H3. The lowest BCUT2D eigenvalue weighted by molar-refractivity contribution is 0.608. The molecule has 1 unspecified atom stereocenters. The number of aryl methyl sites for hydroxylation is 2. The Balaban J connectivity index is 2.61. The molecule has 0 saturated heterocycles. The van der Waals surface area contributed by atoms with Gasteiger partial charge in [0.25, 0.3) is 5.56 Å². The Bertz CT molecular complexity index is 714. The molecule has 0 aliphatic heterocycles. The van der Waals surface area contributed by atoms with E-state index in [0.29, 0.717) is 5.56 Å². The van der Waals surface area contributed by atoms with Gasteiger partial charge in [-0.2, -0.15) is 0 Å². The van der Waals surface area contributed by atoms with Crippen LogP contribution in [-0.2, 0) is 6.54 Å². The summed E-state index contributed by atoms with van der Waals surface area (Å²) in [5.41, 5.74) is 11.2. The Morgan fingerprint density at radius 3 is 2.45 bits per heavy atom. The van der Waals surface area contributed by atoms with Crippen molar-refractivity contribution in [3.05, 3.63) is 57.4 Å². The monoisotopic (exact) mass is 298 g/mol. The number of hydrogen-bond donors (Lipinski definition) is 1. The topological polar surface area (TPSA) is 48.0 Å². The Morgan fingerprint density at radius 2 is 1.86 bits per heavy atom. The highest BCUT2D eigenvalue weighted by Crippen LogP contribution is 2.22. The molecule has 0 aliphatic rings. The Labute approximate surface area is 132 Å². The van der Waals surface area contributed by atoms with E-state index in [1.165, 1.54) is 11.1 Å². The van der Waals surface area contributed by atoms with E-state index in [0.717, 1.165) is 30.6 Å². The normalized spacial score (nSPS) is 12.4. The zero-order valence-electron chi connectivity index (χ0n) is 14.0. The highest BCUT2D eigenvalue weighted by Gasteiger charge is 2.13. The van der Waals surface area contributed by atoms with Crippen molar-refractivity contribution in [3.8, 4) is 11.3 Å². The van der Waals surface area contributed by atoms with Crippen molar-refractivity contribution in [1.82, 2.24) is 4.57 Å². The minimum absolute atomic E-state index is 0.0409. The molecule has 0 spiro atoms. The Kier molecular flexibility index (Phi) is 5.19. The highest BCUT2D eigenvalue weighted by molar-refractivity contribution is 5.61. The van der Waals surface area contributed by atoms with Crippen LogP contribution in [-0.4, -0.2) is 4.57 Å². The summed E-state index contributed by atoms with van der Waals surface area (Å²) >= 11 is 0. The number of aromatic nitrogens is 1. The molecule has 3 heteroatoms. The first-order valence-electron chi connectivity index (χ1n) is 8.02. The summed E-state index contributed by atoms with van der Waals surface area (Å²) in [5, 5.41) is 0. The molecule has 2 aromatic rings. The zero-order valence-corrected chi connectivity index (χ0v) is 14.0. The molecule has 2 N–H and O–H groups in total. The summed E-state index contributed by atoms with van der Waals surface area (Å²) < 4.78 is 1.88. The van der Waals surface area contributed by atoms with E-state index in [2.05, 4.69) is 39.0 Å². The second-order valence-corrected chi connectivity index (χ2v) is 6.07. The number of pyridine rings is 1. The number of rotatable bonds is 5. The predicted molar refractivity (Wildman–Crippen MR) is 93.1 cm³/mol. The number of nitrogens with zero attached hydrogens (tertiary/aromatic N) is 1. The largest absolute Gasteiger partial charge is 0.324 e. The Hall–Kier alpha value is -1.87. The molecule has 0 aliphatic carbocycles. The van der Waals surface area contributed by atoms with Crippen LogP contribution in [0.1, 0.15) is 49.4 Å². The Morgan fingerprint density at radius 1 is 1.14 bits per heavy atom. The molecular formula is C19H26N2O. The van der Waals surface area contributed by atoms with E-state index < -0.39 is 0 Å². The molecule has 1 aromatic carbocycles. The van der Waals surface area contributed by atoms with Gasteiger partial charge in [-0.25, -0.2) is 0 Å². The van der Waals surface area contributed by atoms with Crippen LogP contribution in [0, 0.1) is 13.8 Å². The molecular weight excluding hydrogens is 272 g/mol. The van der Waals surface area contributed by atoms with Gasteiger partial charge in [0.05, 0.1) is 5.69 Å². The van der Waals surface area contributed by atoms with Crippen molar-refractivity contribution < 1.29 is 0 Å². The van der Waals surface area contributed by atoms with E-state index in [-0.39, 0.29) is 11.6 Å². The van der Waals surface area contributed by atoms with Crippen LogP contribution in [0.25, 0.3) is 11.3 Å². The maximum absolute atomic E-state index is 12.7. The average Bonchev–Trinajstić information content (AvgIpc) is 2.48. The van der Waals surface area contributed by atoms with E-state index in [4.69, 9.17) is 5.73 Å². The fraction of sp³-hybridized carbons (Fsp3) is 0.421. The minimum Gasteiger partial charge on any atom is -0.324 e. The smallest absolute Gasteiger partial charge is 0.255 e. The summed E-state index contributed by atoms with van der Waals surface area (Å²) in [6, 6.07) is 10.0. The highest BCUT2D eigenvalue weighted by atomic mass is 16.1. The lowest BCUT2D eigenvalue weighted by Crippen LogP contribution is -2.28. The molecule has 0 amide bonds. The van der Waals surface area contributed by atoms with Gasteiger partial charge in [0.2, 0.25) is 0 Å². The van der Waals surface area contributed by atoms with E-state index in [9.17, 15) is 4.79 Å². The molecule has 0 bridgehead atoms. The van der Waals surface area contributed by atoms with Gasteiger partial charge in [-0.15, -0.1) is 0 Å². The van der Waals surface area contributed by atoms with Gasteiger partial charge in [-0.05, 0) is 62.1 Å². The summed E-state index contributed by atoms with van der Waals surface area (Å²) in [5.74, 6) is 0. The van der Waals surface area contributed by atoms with Gasteiger partial charge in [-0.3, -0.25) is 4.79 Å². The van der Waals surface area contributed by atoms with Gasteiger partial charge >= 0.3 is 0 Å². The van der Waals surface area contributed by atoms with Gasteiger partial charge in [0.15, 0.2) is 0 Å². The third-order valence-electron chi connectivity index (χ3n) is 4.23. The van der Waals surface area contributed by atoms with Crippen LogP contribution in [0.4, 0.5) is 0 Å². The first-order chi connectivity index (χ1) is 10.5. The van der Waals surface area contributed by atoms with E-state index >= 15 is 0 Å². The third-order valence-corrected chi connectivity index (χ3v) is 4.23. The van der Waals surface area contributed by atoms with Gasteiger partial charge in [-0.1, -0.05) is 25.5 Å². The van der Waals surface area contributed by atoms with E-state index in [1.54, 1.807) is 0 Å². The van der Waals surface area contributed by atoms with Crippen molar-refractivity contribution in [3.63, 3.8) is 0 Å². The zero-order chi connectivity index (χ0) is 16.3. The first kappa shape index (κ1) is 16.5. The maximum atomic E-state index is 12.7. The van der Waals surface area contributed by atoms with Gasteiger partial charge in [0.1, 0.15) is 0 Å². The van der Waals surface area contributed by atoms with E-state index in [1.807, 2.05) is 23.6 Å². The van der Waals surface area contributed by atoms with Crippen LogP contribution >= 0.6 is 0 Å². The fourth-order valence-electron chi connectivity index (χ4n) is 2.63. The number of benzene rings is 1. The summed E-state index contributed by atoms with van der Waals surface area (Å²) in [4.78, 5) is 12.7. The van der Waals surface area contributed by atoms with Crippen molar-refractivity contribution in [2.45, 2.75) is 53.1 Å². The van der Waals surface area contributed by atoms with Crippen LogP contribution in [0.5, 0.6) is 0 Å². The first-order valence-corrected chi connectivity index (χ1v) is 8.02. The molecule has 3 nitrogen and oxygen atoms in total. The lowest BCUT2D eigenvalue weighted by Gasteiger charge is -2.16. The van der Waals surface area contributed by atoms with Crippen molar-refractivity contribution >= 4 is 0 Å². The minimum atomic E-state index is -0.241. The van der Waals surface area contributed by atoms with Crippen LogP contribution < -0.4 is 11.3 Å². The number of unbranched alkanes of at least 4 members (excludes halogenated alkanes) is 1. The quantitative estimate of drug-likeness (QED) is 0.908. The molecule has 0 radical (unpaired) electrons. The fourth-order valence-corrected chi connectivity index (χ4v) is 2.63. The predicted octanol–water partition coefficient (Wildman–Crippen LogP) is 3.95.